The lowest BCUT2D eigenvalue weighted by Crippen LogP contribution is -2.00. The summed E-state index contributed by atoms with van der Waals surface area (Å²) in [5, 5.41) is 9.69. The molecule has 6 rings (SSSR count). The third-order valence-electron chi connectivity index (χ3n) is 6.46. The zero-order chi connectivity index (χ0) is 27.5. The molecule has 0 saturated heterocycles. The van der Waals surface area contributed by atoms with Crippen LogP contribution in [0.15, 0.2) is 108 Å². The van der Waals surface area contributed by atoms with Crippen LogP contribution in [0.3, 0.4) is 0 Å². The number of halogens is 1. The highest BCUT2D eigenvalue weighted by molar-refractivity contribution is 6.30. The van der Waals surface area contributed by atoms with Gasteiger partial charge in [-0.25, -0.2) is 4.68 Å². The second-order valence-electron chi connectivity index (χ2n) is 9.26. The number of hydrogen-bond acceptors (Lipinski definition) is 6. The summed E-state index contributed by atoms with van der Waals surface area (Å²) < 4.78 is 13.4. The fraction of sp³-hybridized carbons (Fsp3) is 0.0625. The maximum Gasteiger partial charge on any atom is 0.228 e. The van der Waals surface area contributed by atoms with Crippen LogP contribution >= 0.6 is 11.6 Å². The first kappa shape index (κ1) is 25.3. The second-order valence-corrected chi connectivity index (χ2v) is 9.70. The summed E-state index contributed by atoms with van der Waals surface area (Å²) in [6.07, 6.45) is 3.17. The van der Waals surface area contributed by atoms with Gasteiger partial charge >= 0.3 is 0 Å². The van der Waals surface area contributed by atoms with Crippen LogP contribution in [0.4, 0.5) is 0 Å². The summed E-state index contributed by atoms with van der Waals surface area (Å²) in [5.41, 5.74) is 5.10. The first-order chi connectivity index (χ1) is 19.6. The summed E-state index contributed by atoms with van der Waals surface area (Å²) >= 11 is 5.93. The van der Waals surface area contributed by atoms with E-state index in [-0.39, 0.29) is 18.2 Å². The van der Waals surface area contributed by atoms with Gasteiger partial charge in [-0.2, -0.15) is 0 Å². The van der Waals surface area contributed by atoms with E-state index in [1.165, 1.54) is 0 Å². The van der Waals surface area contributed by atoms with Gasteiger partial charge in [0.25, 0.3) is 0 Å². The van der Waals surface area contributed by atoms with Crippen LogP contribution in [0.5, 0.6) is 5.75 Å². The smallest absolute Gasteiger partial charge is 0.228 e. The molecule has 0 radical (unpaired) electrons. The molecule has 0 aliphatic carbocycles. The average Bonchev–Trinajstić information content (AvgIpc) is 3.64. The number of aromatic nitrogens is 3. The van der Waals surface area contributed by atoms with Crippen LogP contribution < -0.4 is 4.74 Å². The van der Waals surface area contributed by atoms with Crippen molar-refractivity contribution in [1.82, 2.24) is 15.0 Å². The van der Waals surface area contributed by atoms with E-state index in [9.17, 15) is 9.59 Å². The van der Waals surface area contributed by atoms with Crippen LogP contribution in [0.25, 0.3) is 16.7 Å². The van der Waals surface area contributed by atoms with Crippen molar-refractivity contribution < 1.29 is 18.7 Å². The molecule has 8 heteroatoms. The van der Waals surface area contributed by atoms with E-state index in [0.29, 0.717) is 39.6 Å². The Balaban J connectivity index is 1.15. The molecule has 0 unspecified atom stereocenters. The van der Waals surface area contributed by atoms with Crippen LogP contribution in [0, 0.1) is 0 Å². The van der Waals surface area contributed by atoms with Gasteiger partial charge in [0.05, 0.1) is 17.4 Å². The number of para-hydroxylation sites is 1. The number of ether oxygens (including phenoxy) is 1. The number of benzene rings is 4. The minimum atomic E-state index is -0.205. The van der Waals surface area contributed by atoms with Crippen molar-refractivity contribution in [3.8, 4) is 11.4 Å². The molecule has 0 aliphatic heterocycles. The van der Waals surface area contributed by atoms with Crippen molar-refractivity contribution in [2.45, 2.75) is 13.0 Å². The molecule has 0 spiro atoms. The van der Waals surface area contributed by atoms with Crippen LogP contribution in [-0.2, 0) is 13.0 Å². The van der Waals surface area contributed by atoms with Gasteiger partial charge in [0.2, 0.25) is 5.78 Å². The normalized spacial score (nSPS) is 11.0. The molecule has 7 nitrogen and oxygen atoms in total. The van der Waals surface area contributed by atoms with Gasteiger partial charge in [-0.3, -0.25) is 9.59 Å². The SMILES string of the molecule is O=Cc1cc(Cc2ccc3oc(C(=O)c4ccc(Cl)cc4)cc3c2)ccc1OCc1cn(-c2ccccc2)nn1. The maximum atomic E-state index is 12.8. The van der Waals surface area contributed by atoms with Crippen LogP contribution in [0.1, 0.15) is 43.3 Å². The molecule has 40 heavy (non-hydrogen) atoms. The van der Waals surface area contributed by atoms with Crippen molar-refractivity contribution in [3.05, 3.63) is 142 Å². The van der Waals surface area contributed by atoms with Crippen molar-refractivity contribution >= 4 is 34.6 Å². The van der Waals surface area contributed by atoms with E-state index >= 15 is 0 Å². The van der Waals surface area contributed by atoms with E-state index in [1.54, 1.807) is 47.3 Å². The zero-order valence-corrected chi connectivity index (χ0v) is 21.9. The van der Waals surface area contributed by atoms with Crippen molar-refractivity contribution in [1.29, 1.82) is 0 Å². The number of rotatable bonds is 9. The molecule has 0 atom stereocenters. The Morgan fingerprint density at radius 3 is 2.50 bits per heavy atom. The summed E-state index contributed by atoms with van der Waals surface area (Å²) in [4.78, 5) is 24.7. The highest BCUT2D eigenvalue weighted by Crippen LogP contribution is 2.26. The molecule has 196 valence electrons. The second kappa shape index (κ2) is 11.0. The Labute approximate surface area is 234 Å². The lowest BCUT2D eigenvalue weighted by atomic mass is 10.0. The van der Waals surface area contributed by atoms with Crippen molar-refractivity contribution in [2.24, 2.45) is 0 Å². The van der Waals surface area contributed by atoms with Gasteiger partial charge in [-0.15, -0.1) is 5.10 Å². The molecular formula is C32H22ClN3O4. The lowest BCUT2D eigenvalue weighted by molar-refractivity contribution is 0.101. The summed E-state index contributed by atoms with van der Waals surface area (Å²) in [6.45, 7) is 0.182. The molecule has 2 aromatic heterocycles. The Hall–Kier alpha value is -5.01. The Morgan fingerprint density at radius 2 is 1.70 bits per heavy atom. The van der Waals surface area contributed by atoms with Gasteiger partial charge in [0.1, 0.15) is 23.6 Å². The fourth-order valence-corrected chi connectivity index (χ4v) is 4.57. The number of hydrogen-bond donors (Lipinski definition) is 0. The number of carbonyl (C=O) groups excluding carboxylic acids is 2. The van der Waals surface area contributed by atoms with Gasteiger partial charge in [-0.1, -0.05) is 47.1 Å². The van der Waals surface area contributed by atoms with Gasteiger partial charge in [-0.05, 0) is 84.3 Å². The van der Waals surface area contributed by atoms with E-state index in [1.807, 2.05) is 60.7 Å². The number of carbonyl (C=O) groups is 2. The highest BCUT2D eigenvalue weighted by Gasteiger charge is 2.15. The Bertz CT molecular complexity index is 1820. The molecule has 2 heterocycles. The summed E-state index contributed by atoms with van der Waals surface area (Å²) in [5.74, 6) is 0.537. The molecule has 6 aromatic rings. The minimum Gasteiger partial charge on any atom is -0.486 e. The third kappa shape index (κ3) is 5.41. The Morgan fingerprint density at radius 1 is 0.925 bits per heavy atom. The molecular weight excluding hydrogens is 526 g/mol. The summed E-state index contributed by atoms with van der Waals surface area (Å²) in [7, 11) is 0. The lowest BCUT2D eigenvalue weighted by Gasteiger charge is -2.09. The van der Waals surface area contributed by atoms with Crippen LogP contribution in [-0.4, -0.2) is 27.1 Å². The molecule has 0 fully saturated rings. The predicted molar refractivity (Wildman–Crippen MR) is 151 cm³/mol. The molecule has 4 aromatic carbocycles. The molecule has 0 N–H and O–H groups in total. The van der Waals surface area contributed by atoms with Gasteiger partial charge in [0.15, 0.2) is 12.0 Å². The molecule has 0 saturated carbocycles. The first-order valence-electron chi connectivity index (χ1n) is 12.6. The highest BCUT2D eigenvalue weighted by atomic mass is 35.5. The quantitative estimate of drug-likeness (QED) is 0.145. The van der Waals surface area contributed by atoms with Crippen LogP contribution in [0.2, 0.25) is 5.02 Å². The summed E-state index contributed by atoms with van der Waals surface area (Å²) in [6, 6.07) is 29.4. The fourth-order valence-electron chi connectivity index (χ4n) is 4.45. The monoisotopic (exact) mass is 547 g/mol. The first-order valence-corrected chi connectivity index (χ1v) is 12.9. The van der Waals surface area contributed by atoms with E-state index in [4.69, 9.17) is 20.8 Å². The standard InChI is InChI=1S/C32H22ClN3O4/c33-26-10-8-23(9-11-26)32(38)31-17-24-15-21(7-13-30(24)40-31)14-22-6-12-29(25(16-22)19-37)39-20-27-18-36(35-34-27)28-4-2-1-3-5-28/h1-13,15-19H,14,20H2. The Kier molecular flexibility index (Phi) is 6.95. The van der Waals surface area contributed by atoms with Gasteiger partial charge in [0, 0.05) is 16.0 Å². The van der Waals surface area contributed by atoms with Crippen molar-refractivity contribution in [2.75, 3.05) is 0 Å². The topological polar surface area (TPSA) is 87.2 Å². The predicted octanol–water partition coefficient (Wildman–Crippen LogP) is 6.88. The van der Waals surface area contributed by atoms with E-state index in [2.05, 4.69) is 10.3 Å². The average molecular weight is 548 g/mol. The minimum absolute atomic E-state index is 0.182. The van der Waals surface area contributed by atoms with Crippen molar-refractivity contribution in [3.63, 3.8) is 0 Å². The molecule has 0 bridgehead atoms. The zero-order valence-electron chi connectivity index (χ0n) is 21.2. The van der Waals surface area contributed by atoms with Gasteiger partial charge < -0.3 is 9.15 Å². The number of fused-ring (bicyclic) bond motifs is 1. The van der Waals surface area contributed by atoms with E-state index < -0.39 is 0 Å². The van der Waals surface area contributed by atoms with E-state index in [0.717, 1.165) is 28.5 Å². The number of aldehydes is 1. The molecule has 0 aliphatic rings. The third-order valence-corrected chi connectivity index (χ3v) is 6.71. The number of ketones is 1. The maximum absolute atomic E-state index is 12.8. The number of furan rings is 1. The largest absolute Gasteiger partial charge is 0.486 e. The number of nitrogens with zero attached hydrogens (tertiary/aromatic N) is 3. The molecule has 0 amide bonds.